The van der Waals surface area contributed by atoms with Crippen molar-refractivity contribution in [3.8, 4) is 17.2 Å². The minimum Gasteiger partial charge on any atom is -0.508 e. The lowest BCUT2D eigenvalue weighted by molar-refractivity contribution is -0.385. The third kappa shape index (κ3) is 2.65. The topological polar surface area (TPSA) is 72.6 Å². The fraction of sp³-hybridized carbons (Fsp3) is 0.143. The smallest absolute Gasteiger partial charge is 0.311 e. The number of benzene rings is 2. The van der Waals surface area contributed by atoms with Crippen LogP contribution in [0.1, 0.15) is 11.1 Å². The molecule has 0 amide bonds. The summed E-state index contributed by atoms with van der Waals surface area (Å²) >= 11 is 0. The fourth-order valence-electron chi connectivity index (χ4n) is 1.69. The molecule has 2 aromatic carbocycles. The normalized spacial score (nSPS) is 10.2. The van der Waals surface area contributed by atoms with Crippen LogP contribution in [-0.2, 0) is 0 Å². The molecule has 0 heterocycles. The van der Waals surface area contributed by atoms with Crippen molar-refractivity contribution in [2.24, 2.45) is 0 Å². The zero-order valence-corrected chi connectivity index (χ0v) is 10.6. The molecule has 0 aliphatic rings. The van der Waals surface area contributed by atoms with Crippen LogP contribution in [0.3, 0.4) is 0 Å². The second-order valence-corrected chi connectivity index (χ2v) is 4.23. The monoisotopic (exact) mass is 259 g/mol. The highest BCUT2D eigenvalue weighted by atomic mass is 16.6. The molecule has 0 radical (unpaired) electrons. The van der Waals surface area contributed by atoms with Crippen LogP contribution < -0.4 is 4.74 Å². The van der Waals surface area contributed by atoms with Gasteiger partial charge in [-0.2, -0.15) is 0 Å². The quantitative estimate of drug-likeness (QED) is 0.673. The van der Waals surface area contributed by atoms with Crippen molar-refractivity contribution in [1.29, 1.82) is 0 Å². The Bertz CT molecular complexity index is 637. The van der Waals surface area contributed by atoms with E-state index in [1.807, 2.05) is 0 Å². The Morgan fingerprint density at radius 2 is 1.89 bits per heavy atom. The lowest BCUT2D eigenvalue weighted by Gasteiger charge is -2.10. The second-order valence-electron chi connectivity index (χ2n) is 4.23. The van der Waals surface area contributed by atoms with Crippen molar-refractivity contribution in [3.63, 3.8) is 0 Å². The molecule has 2 aromatic rings. The molecule has 2 rings (SSSR count). The van der Waals surface area contributed by atoms with Crippen LogP contribution >= 0.6 is 0 Å². The van der Waals surface area contributed by atoms with Crippen molar-refractivity contribution in [3.05, 3.63) is 57.6 Å². The van der Waals surface area contributed by atoms with E-state index in [9.17, 15) is 15.2 Å². The Hall–Kier alpha value is -2.56. The van der Waals surface area contributed by atoms with Gasteiger partial charge in [0.25, 0.3) is 0 Å². The van der Waals surface area contributed by atoms with Crippen LogP contribution in [-0.4, -0.2) is 10.0 Å². The Morgan fingerprint density at radius 3 is 2.58 bits per heavy atom. The molecule has 19 heavy (non-hydrogen) atoms. The van der Waals surface area contributed by atoms with E-state index in [-0.39, 0.29) is 17.2 Å². The number of hydrogen-bond acceptors (Lipinski definition) is 4. The molecule has 5 heteroatoms. The molecule has 0 saturated carbocycles. The number of phenols is 1. The van der Waals surface area contributed by atoms with Gasteiger partial charge in [0.15, 0.2) is 0 Å². The molecular weight excluding hydrogens is 246 g/mol. The maximum Gasteiger partial charge on any atom is 0.311 e. The van der Waals surface area contributed by atoms with Gasteiger partial charge in [0.1, 0.15) is 11.5 Å². The first-order valence-corrected chi connectivity index (χ1v) is 5.70. The number of nitrogens with zero attached hydrogens (tertiary/aromatic N) is 1. The summed E-state index contributed by atoms with van der Waals surface area (Å²) in [5, 5.41) is 20.6. The number of aromatic hydroxyl groups is 1. The van der Waals surface area contributed by atoms with Crippen LogP contribution in [0.15, 0.2) is 36.4 Å². The minimum absolute atomic E-state index is 0.0901. The van der Waals surface area contributed by atoms with Crippen LogP contribution in [0, 0.1) is 24.0 Å². The number of ether oxygens (including phenoxy) is 1. The van der Waals surface area contributed by atoms with E-state index < -0.39 is 4.92 Å². The van der Waals surface area contributed by atoms with Gasteiger partial charge in [-0.05, 0) is 37.6 Å². The first-order chi connectivity index (χ1) is 8.99. The first kappa shape index (κ1) is 12.9. The van der Waals surface area contributed by atoms with Gasteiger partial charge in [0.2, 0.25) is 5.75 Å². The molecule has 98 valence electrons. The molecule has 0 aliphatic carbocycles. The molecular formula is C14H13NO4. The fourth-order valence-corrected chi connectivity index (χ4v) is 1.69. The van der Waals surface area contributed by atoms with Crippen molar-refractivity contribution in [1.82, 2.24) is 0 Å². The molecule has 0 bridgehead atoms. The van der Waals surface area contributed by atoms with E-state index >= 15 is 0 Å². The lowest BCUT2D eigenvalue weighted by atomic mass is 10.2. The molecule has 0 aromatic heterocycles. The van der Waals surface area contributed by atoms with Gasteiger partial charge in [-0.1, -0.05) is 12.1 Å². The molecule has 0 fully saturated rings. The Labute approximate surface area is 110 Å². The maximum atomic E-state index is 11.0. The van der Waals surface area contributed by atoms with E-state index in [0.717, 1.165) is 5.56 Å². The zero-order valence-electron chi connectivity index (χ0n) is 10.6. The van der Waals surface area contributed by atoms with Crippen molar-refractivity contribution < 1.29 is 14.8 Å². The second kappa shape index (κ2) is 4.97. The first-order valence-electron chi connectivity index (χ1n) is 5.70. The van der Waals surface area contributed by atoms with Crippen LogP contribution in [0.25, 0.3) is 0 Å². The Kier molecular flexibility index (Phi) is 3.37. The molecule has 0 saturated heterocycles. The lowest BCUT2D eigenvalue weighted by Crippen LogP contribution is -1.95. The van der Waals surface area contributed by atoms with E-state index in [1.54, 1.807) is 38.1 Å². The van der Waals surface area contributed by atoms with Gasteiger partial charge in [0, 0.05) is 11.6 Å². The van der Waals surface area contributed by atoms with Gasteiger partial charge in [-0.15, -0.1) is 0 Å². The highest BCUT2D eigenvalue weighted by Crippen LogP contribution is 2.35. The summed E-state index contributed by atoms with van der Waals surface area (Å²) in [4.78, 5) is 10.5. The number of nitro benzene ring substituents is 1. The standard InChI is InChI=1S/C14H13NO4/c1-9-6-7-14(11(8-9)15(17)18)19-13-5-3-4-12(16)10(13)2/h3-8,16H,1-2H3. The van der Waals surface area contributed by atoms with Crippen molar-refractivity contribution >= 4 is 5.69 Å². The van der Waals surface area contributed by atoms with Gasteiger partial charge >= 0.3 is 5.69 Å². The summed E-state index contributed by atoms with van der Waals surface area (Å²) < 4.78 is 5.54. The largest absolute Gasteiger partial charge is 0.508 e. The molecule has 5 nitrogen and oxygen atoms in total. The molecule has 0 unspecified atom stereocenters. The minimum atomic E-state index is -0.486. The van der Waals surface area contributed by atoms with Crippen LogP contribution in [0.5, 0.6) is 17.2 Å². The summed E-state index contributed by atoms with van der Waals surface area (Å²) in [6.45, 7) is 3.46. The Balaban J connectivity index is 2.44. The summed E-state index contributed by atoms with van der Waals surface area (Å²) in [7, 11) is 0. The van der Waals surface area contributed by atoms with E-state index in [2.05, 4.69) is 0 Å². The third-order valence-corrected chi connectivity index (χ3v) is 2.79. The van der Waals surface area contributed by atoms with E-state index in [0.29, 0.717) is 11.3 Å². The number of aryl methyl sites for hydroxylation is 1. The zero-order chi connectivity index (χ0) is 14.0. The molecule has 0 spiro atoms. The van der Waals surface area contributed by atoms with E-state index in [1.165, 1.54) is 12.1 Å². The predicted octanol–water partition coefficient (Wildman–Crippen LogP) is 3.71. The SMILES string of the molecule is Cc1ccc(Oc2cccc(O)c2C)c([N+](=O)[O-])c1. The third-order valence-electron chi connectivity index (χ3n) is 2.79. The number of rotatable bonds is 3. The van der Waals surface area contributed by atoms with Crippen LogP contribution in [0.4, 0.5) is 5.69 Å². The maximum absolute atomic E-state index is 11.0. The number of phenolic OH excluding ortho intramolecular Hbond substituents is 1. The van der Waals surface area contributed by atoms with Gasteiger partial charge in [0.05, 0.1) is 4.92 Å². The summed E-state index contributed by atoms with van der Waals surface area (Å²) in [5.41, 5.74) is 1.23. The Morgan fingerprint density at radius 1 is 1.16 bits per heavy atom. The van der Waals surface area contributed by atoms with Gasteiger partial charge < -0.3 is 9.84 Å². The molecule has 0 atom stereocenters. The number of nitro groups is 1. The average molecular weight is 259 g/mol. The average Bonchev–Trinajstić information content (AvgIpc) is 2.36. The van der Waals surface area contributed by atoms with Crippen LogP contribution in [0.2, 0.25) is 0 Å². The summed E-state index contributed by atoms with van der Waals surface area (Å²) in [6, 6.07) is 9.55. The van der Waals surface area contributed by atoms with E-state index in [4.69, 9.17) is 4.74 Å². The van der Waals surface area contributed by atoms with Crippen molar-refractivity contribution in [2.75, 3.05) is 0 Å². The van der Waals surface area contributed by atoms with Gasteiger partial charge in [-0.3, -0.25) is 10.1 Å². The highest BCUT2D eigenvalue weighted by molar-refractivity contribution is 5.52. The number of hydrogen-bond donors (Lipinski definition) is 1. The highest BCUT2D eigenvalue weighted by Gasteiger charge is 2.17. The molecule has 0 aliphatic heterocycles. The summed E-state index contributed by atoms with van der Waals surface area (Å²) in [6.07, 6.45) is 0. The van der Waals surface area contributed by atoms with Gasteiger partial charge in [-0.25, -0.2) is 0 Å². The predicted molar refractivity (Wildman–Crippen MR) is 70.8 cm³/mol. The molecule has 1 N–H and O–H groups in total. The summed E-state index contributed by atoms with van der Waals surface area (Å²) in [5.74, 6) is 0.642. The van der Waals surface area contributed by atoms with Crippen molar-refractivity contribution in [2.45, 2.75) is 13.8 Å².